The van der Waals surface area contributed by atoms with Gasteiger partial charge in [-0.1, -0.05) is 24.3 Å². The van der Waals surface area contributed by atoms with Crippen LogP contribution in [0.3, 0.4) is 0 Å². The van der Waals surface area contributed by atoms with E-state index < -0.39 is 0 Å². The van der Waals surface area contributed by atoms with Crippen LogP contribution in [-0.2, 0) is 10.3 Å². The van der Waals surface area contributed by atoms with Crippen LogP contribution in [0.2, 0.25) is 0 Å². The van der Waals surface area contributed by atoms with Crippen LogP contribution in [0.25, 0.3) is 38.9 Å². The molecule has 0 bridgehead atoms. The van der Waals surface area contributed by atoms with Crippen LogP contribution in [-0.4, -0.2) is 45.8 Å². The van der Waals surface area contributed by atoms with Gasteiger partial charge in [0.25, 0.3) is 0 Å². The van der Waals surface area contributed by atoms with E-state index in [2.05, 4.69) is 75.1 Å². The van der Waals surface area contributed by atoms with Gasteiger partial charge in [0.05, 0.1) is 18.9 Å². The molecule has 7 nitrogen and oxygen atoms in total. The van der Waals surface area contributed by atoms with Crippen LogP contribution >= 0.6 is 11.3 Å². The van der Waals surface area contributed by atoms with Gasteiger partial charge in [0.1, 0.15) is 5.52 Å². The summed E-state index contributed by atoms with van der Waals surface area (Å²) in [6.45, 7) is 3.33. The van der Waals surface area contributed by atoms with Crippen LogP contribution in [0, 0.1) is 0 Å². The molecule has 0 unspecified atom stereocenters. The first-order valence-corrected chi connectivity index (χ1v) is 13.7. The molecule has 0 spiro atoms. The summed E-state index contributed by atoms with van der Waals surface area (Å²) in [5.41, 5.74) is 13.5. The van der Waals surface area contributed by atoms with Gasteiger partial charge in [-0.05, 0) is 61.2 Å². The Bertz CT molecular complexity index is 1550. The molecule has 37 heavy (non-hydrogen) atoms. The highest BCUT2D eigenvalue weighted by Crippen LogP contribution is 2.39. The van der Waals surface area contributed by atoms with E-state index >= 15 is 0 Å². The van der Waals surface area contributed by atoms with E-state index in [1.165, 1.54) is 17.7 Å². The minimum absolute atomic E-state index is 0.190. The number of benzene rings is 2. The number of imidazole rings is 1. The molecule has 1 saturated heterocycles. The van der Waals surface area contributed by atoms with Gasteiger partial charge < -0.3 is 15.4 Å². The summed E-state index contributed by atoms with van der Waals surface area (Å²) >= 11 is 1.58. The molecule has 0 amide bonds. The zero-order chi connectivity index (χ0) is 24.8. The van der Waals surface area contributed by atoms with E-state index in [1.807, 2.05) is 11.6 Å². The smallest absolute Gasteiger partial charge is 0.176 e. The van der Waals surface area contributed by atoms with E-state index in [1.54, 1.807) is 11.3 Å². The van der Waals surface area contributed by atoms with Crippen molar-refractivity contribution >= 4 is 28.2 Å². The number of ether oxygens (including phenoxy) is 1. The molecule has 3 aromatic heterocycles. The number of hydrogen-bond donors (Lipinski definition) is 1. The molecule has 186 valence electrons. The Labute approximate surface area is 219 Å². The first kappa shape index (κ1) is 22.6. The minimum atomic E-state index is -0.190. The van der Waals surface area contributed by atoms with Crippen LogP contribution < -0.4 is 10.6 Å². The summed E-state index contributed by atoms with van der Waals surface area (Å²) < 4.78 is 7.66. The number of nitrogens with zero attached hydrogens (tertiary/aromatic N) is 5. The van der Waals surface area contributed by atoms with Crippen molar-refractivity contribution in [2.75, 3.05) is 31.2 Å². The fourth-order valence-electron chi connectivity index (χ4n) is 5.31. The van der Waals surface area contributed by atoms with E-state index in [-0.39, 0.29) is 5.54 Å². The molecule has 1 aliphatic heterocycles. The topological polar surface area (TPSA) is 82.1 Å². The normalized spacial score (nSPS) is 17.2. The predicted octanol–water partition coefficient (Wildman–Crippen LogP) is 5.39. The summed E-state index contributed by atoms with van der Waals surface area (Å²) in [6, 6.07) is 21.3. The molecular formula is C29H28N6OS. The van der Waals surface area contributed by atoms with Gasteiger partial charge in [0, 0.05) is 47.1 Å². The lowest BCUT2D eigenvalue weighted by Gasteiger charge is -2.38. The maximum absolute atomic E-state index is 6.59. The molecule has 7 rings (SSSR count). The SMILES string of the molecule is NC1(c2ccc(-n3c(-c4nccs4)nc4ccc(-c5cccc(N6CCOCC6)c5)nc43)cc2)CCC1. The van der Waals surface area contributed by atoms with Crippen molar-refractivity contribution in [3.05, 3.63) is 77.8 Å². The molecule has 2 aromatic carbocycles. The monoisotopic (exact) mass is 508 g/mol. The van der Waals surface area contributed by atoms with Gasteiger partial charge in [-0.15, -0.1) is 11.3 Å². The maximum Gasteiger partial charge on any atom is 0.176 e. The number of anilines is 1. The van der Waals surface area contributed by atoms with E-state index in [9.17, 15) is 0 Å². The Morgan fingerprint density at radius 1 is 0.919 bits per heavy atom. The molecule has 2 N–H and O–H groups in total. The van der Waals surface area contributed by atoms with Gasteiger partial charge in [-0.2, -0.15) is 0 Å². The molecule has 2 fully saturated rings. The molecule has 8 heteroatoms. The number of nitrogens with two attached hydrogens (primary N) is 1. The summed E-state index contributed by atoms with van der Waals surface area (Å²) in [7, 11) is 0. The Balaban J connectivity index is 1.34. The number of fused-ring (bicyclic) bond motifs is 1. The van der Waals surface area contributed by atoms with E-state index in [0.717, 1.165) is 78.1 Å². The third-order valence-electron chi connectivity index (χ3n) is 7.59. The van der Waals surface area contributed by atoms with Crippen LogP contribution in [0.1, 0.15) is 24.8 Å². The van der Waals surface area contributed by atoms with Crippen LogP contribution in [0.4, 0.5) is 5.69 Å². The zero-order valence-corrected chi connectivity index (χ0v) is 21.3. The van der Waals surface area contributed by atoms with Gasteiger partial charge in [-0.25, -0.2) is 15.0 Å². The second kappa shape index (κ2) is 9.06. The predicted molar refractivity (Wildman–Crippen MR) is 148 cm³/mol. The first-order valence-electron chi connectivity index (χ1n) is 12.8. The third-order valence-corrected chi connectivity index (χ3v) is 8.36. The van der Waals surface area contributed by atoms with Gasteiger partial charge in [0.15, 0.2) is 16.5 Å². The maximum atomic E-state index is 6.59. The van der Waals surface area contributed by atoms with E-state index in [4.69, 9.17) is 20.4 Å². The molecule has 4 heterocycles. The summed E-state index contributed by atoms with van der Waals surface area (Å²) in [5, 5.41) is 2.85. The number of aromatic nitrogens is 4. The number of pyridine rings is 1. The lowest BCUT2D eigenvalue weighted by Crippen LogP contribution is -2.43. The quantitative estimate of drug-likeness (QED) is 0.343. The number of hydrogen-bond acceptors (Lipinski definition) is 7. The first-order chi connectivity index (χ1) is 18.2. The van der Waals surface area contributed by atoms with Crippen molar-refractivity contribution in [3.63, 3.8) is 0 Å². The molecular weight excluding hydrogens is 480 g/mol. The van der Waals surface area contributed by atoms with Crippen molar-refractivity contribution < 1.29 is 4.74 Å². The average molecular weight is 509 g/mol. The van der Waals surface area contributed by atoms with Gasteiger partial charge >= 0.3 is 0 Å². The molecule has 5 aromatic rings. The van der Waals surface area contributed by atoms with Crippen molar-refractivity contribution in [3.8, 4) is 27.8 Å². The Kier molecular flexibility index (Phi) is 5.53. The van der Waals surface area contributed by atoms with Crippen molar-refractivity contribution in [1.82, 2.24) is 19.5 Å². The van der Waals surface area contributed by atoms with Crippen molar-refractivity contribution in [2.24, 2.45) is 5.73 Å². The van der Waals surface area contributed by atoms with Crippen molar-refractivity contribution in [1.29, 1.82) is 0 Å². The summed E-state index contributed by atoms with van der Waals surface area (Å²) in [6.07, 6.45) is 5.09. The zero-order valence-electron chi connectivity index (χ0n) is 20.5. The highest BCUT2D eigenvalue weighted by molar-refractivity contribution is 7.13. The number of morpholine rings is 1. The fraction of sp³-hybridized carbons (Fsp3) is 0.276. The summed E-state index contributed by atoms with van der Waals surface area (Å²) in [4.78, 5) is 17.0. The fourth-order valence-corrected chi connectivity index (χ4v) is 5.93. The molecule has 1 saturated carbocycles. The molecule has 2 aliphatic rings. The Morgan fingerprint density at radius 2 is 1.76 bits per heavy atom. The van der Waals surface area contributed by atoms with Crippen molar-refractivity contribution in [2.45, 2.75) is 24.8 Å². The lowest BCUT2D eigenvalue weighted by atomic mass is 9.73. The van der Waals surface area contributed by atoms with E-state index in [0.29, 0.717) is 0 Å². The average Bonchev–Trinajstić information content (AvgIpc) is 3.60. The molecule has 1 aliphatic carbocycles. The number of rotatable bonds is 5. The van der Waals surface area contributed by atoms with Gasteiger partial charge in [-0.3, -0.25) is 4.57 Å². The summed E-state index contributed by atoms with van der Waals surface area (Å²) in [5.74, 6) is 0.801. The van der Waals surface area contributed by atoms with Crippen LogP contribution in [0.5, 0.6) is 0 Å². The second-order valence-electron chi connectivity index (χ2n) is 9.85. The van der Waals surface area contributed by atoms with Gasteiger partial charge in [0.2, 0.25) is 0 Å². The highest BCUT2D eigenvalue weighted by atomic mass is 32.1. The second-order valence-corrected chi connectivity index (χ2v) is 10.7. The van der Waals surface area contributed by atoms with Crippen LogP contribution in [0.15, 0.2) is 72.2 Å². The minimum Gasteiger partial charge on any atom is -0.378 e. The highest BCUT2D eigenvalue weighted by Gasteiger charge is 2.34. The Hall–Kier alpha value is -3.59. The largest absolute Gasteiger partial charge is 0.378 e. The third kappa shape index (κ3) is 4.01. The molecule has 0 atom stereocenters. The standard InChI is InChI=1S/C29H28N6OS/c30-29(11-2-12-29)21-5-7-22(8-6-21)35-26-25(33-27(35)28-31-13-18-37-28)10-9-24(32-26)20-3-1-4-23(19-20)34-14-16-36-17-15-34/h1,3-10,13,18-19H,2,11-12,14-17,30H2. The molecule has 0 radical (unpaired) electrons. The Morgan fingerprint density at radius 3 is 2.49 bits per heavy atom. The number of thiazole rings is 1. The lowest BCUT2D eigenvalue weighted by molar-refractivity contribution is 0.122.